The molecule has 0 radical (unpaired) electrons. The first-order valence-electron chi connectivity index (χ1n) is 24.9. The summed E-state index contributed by atoms with van der Waals surface area (Å²) in [6.07, 6.45) is 11.2. The van der Waals surface area contributed by atoms with E-state index < -0.39 is 35.8 Å². The number of nitrogens with zero attached hydrogens (tertiary/aromatic N) is 6. The van der Waals surface area contributed by atoms with E-state index in [-0.39, 0.29) is 94.8 Å². The third kappa shape index (κ3) is 39.7. The fourth-order valence-electron chi connectivity index (χ4n) is 5.91. The van der Waals surface area contributed by atoms with Crippen molar-refractivity contribution in [2.24, 2.45) is 30.0 Å². The van der Waals surface area contributed by atoms with Gasteiger partial charge in [-0.2, -0.15) is 0 Å². The molecule has 0 unspecified atom stereocenters. The molecule has 6 rings (SSSR count). The van der Waals surface area contributed by atoms with E-state index in [1.807, 2.05) is 0 Å². The van der Waals surface area contributed by atoms with Crippen LogP contribution in [0.3, 0.4) is 0 Å². The molecule has 0 aliphatic heterocycles. The number of carbonyl (C=O) groups is 6. The first-order chi connectivity index (χ1) is 40.2. The fraction of sp³-hybridized carbons (Fsp3) is 0.200. The predicted molar refractivity (Wildman–Crippen MR) is 301 cm³/mol. The standard InChI is InChI=1S/6C10H11NO3.Mo/c6*12-9-4-2-1-3-8(9)5-6-11-7-10(13)14;/h6*1-4,6,12H,5,7H2,(H,13,14);/q;;;;;;+6/p-6. The fourth-order valence-corrected chi connectivity index (χ4v) is 5.91. The molecule has 85 heavy (non-hydrogen) atoms. The summed E-state index contributed by atoms with van der Waals surface area (Å²) in [5.41, 5.74) is 4.30. The van der Waals surface area contributed by atoms with Crippen LogP contribution in [0.15, 0.2) is 176 Å². The van der Waals surface area contributed by atoms with Gasteiger partial charge >= 0.3 is 21.1 Å². The minimum atomic E-state index is -1.21. The van der Waals surface area contributed by atoms with Crippen molar-refractivity contribution in [3.05, 3.63) is 179 Å². The number of phenols is 6. The van der Waals surface area contributed by atoms with Crippen molar-refractivity contribution < 1.29 is 111 Å². The molecule has 0 saturated carbocycles. The summed E-state index contributed by atoms with van der Waals surface area (Å²) in [6.45, 7) is -2.04. The summed E-state index contributed by atoms with van der Waals surface area (Å²) in [7, 11) is 0. The number of hydrogen-bond acceptors (Lipinski definition) is 24. The van der Waals surface area contributed by atoms with Gasteiger partial charge in [-0.25, -0.2) is 0 Å². The maximum atomic E-state index is 10.0. The quantitative estimate of drug-likeness (QED) is 0.0298. The maximum absolute atomic E-state index is 10.0. The average molecular weight is 1250 g/mol. The van der Waals surface area contributed by atoms with Crippen LogP contribution in [0.4, 0.5) is 0 Å². The minimum Gasteiger partial charge on any atom is -0.548 e. The number of para-hydroxylation sites is 6. The number of aliphatic carboxylic acids is 6. The van der Waals surface area contributed by atoms with Gasteiger partial charge in [0.05, 0.1) is 75.1 Å². The molecule has 0 atom stereocenters. The number of aromatic hydroxyl groups is 6. The van der Waals surface area contributed by atoms with Gasteiger partial charge in [-0.1, -0.05) is 109 Å². The van der Waals surface area contributed by atoms with Gasteiger partial charge in [0.2, 0.25) is 0 Å². The van der Waals surface area contributed by atoms with Gasteiger partial charge in [0, 0.05) is 75.8 Å². The molecule has 0 saturated heterocycles. The summed E-state index contributed by atoms with van der Waals surface area (Å²) >= 11 is 0. The molecule has 6 aromatic rings. The van der Waals surface area contributed by atoms with Gasteiger partial charge in [-0.05, 0) is 69.8 Å². The van der Waals surface area contributed by atoms with E-state index in [2.05, 4.69) is 30.0 Å². The van der Waals surface area contributed by atoms with Crippen LogP contribution in [0.2, 0.25) is 0 Å². The largest absolute Gasteiger partial charge is 6.00 e. The number of carboxylic acids is 6. The van der Waals surface area contributed by atoms with Gasteiger partial charge in [-0.15, -0.1) is 0 Å². The zero-order valence-corrected chi connectivity index (χ0v) is 47.5. The molecule has 0 fully saturated rings. The Balaban J connectivity index is 0.000000994. The molecule has 0 bridgehead atoms. The number of carboxylic acid groups (broad SMARTS) is 6. The van der Waals surface area contributed by atoms with Crippen LogP contribution in [-0.4, -0.2) is 143 Å². The number of hydrogen-bond donors (Lipinski definition) is 6. The molecule has 0 heterocycles. The third-order valence-electron chi connectivity index (χ3n) is 9.91. The number of rotatable bonds is 24. The summed E-state index contributed by atoms with van der Waals surface area (Å²) in [5.74, 6) is -6.13. The number of aliphatic imine (C=N–C) groups is 6. The van der Waals surface area contributed by atoms with Crippen LogP contribution in [0.25, 0.3) is 0 Å². The van der Waals surface area contributed by atoms with Crippen LogP contribution in [-0.2, 0) is 88.4 Å². The van der Waals surface area contributed by atoms with Crippen molar-refractivity contribution in [2.75, 3.05) is 39.3 Å². The van der Waals surface area contributed by atoms with Crippen molar-refractivity contribution in [1.82, 2.24) is 0 Å². The summed E-state index contributed by atoms with van der Waals surface area (Å²) in [4.78, 5) is 81.7. The molecule has 444 valence electrons. The van der Waals surface area contributed by atoms with Crippen molar-refractivity contribution in [2.45, 2.75) is 38.5 Å². The van der Waals surface area contributed by atoms with Crippen LogP contribution in [0, 0.1) is 0 Å². The molecular weight excluding hydrogens is 1190 g/mol. The van der Waals surface area contributed by atoms with E-state index in [9.17, 15) is 90.0 Å². The van der Waals surface area contributed by atoms with Crippen LogP contribution in [0.1, 0.15) is 33.4 Å². The van der Waals surface area contributed by atoms with E-state index in [0.29, 0.717) is 38.5 Å². The van der Waals surface area contributed by atoms with Crippen LogP contribution in [0.5, 0.6) is 34.5 Å². The normalized spacial score (nSPS) is 10.4. The average Bonchev–Trinajstić information content (AvgIpc) is 3.45. The molecule has 0 aliphatic carbocycles. The maximum Gasteiger partial charge on any atom is 6.00 e. The van der Waals surface area contributed by atoms with Crippen LogP contribution >= 0.6 is 0 Å². The molecule has 0 aliphatic rings. The third-order valence-corrected chi connectivity index (χ3v) is 9.91. The van der Waals surface area contributed by atoms with Crippen LogP contribution < -0.4 is 30.6 Å². The van der Waals surface area contributed by atoms with E-state index in [4.69, 9.17) is 0 Å². The van der Waals surface area contributed by atoms with Gasteiger partial charge in [0.15, 0.2) is 0 Å². The molecule has 0 spiro atoms. The molecule has 0 amide bonds. The Morgan fingerprint density at radius 3 is 0.482 bits per heavy atom. The van der Waals surface area contributed by atoms with Crippen molar-refractivity contribution >= 4 is 73.1 Å². The molecule has 0 aromatic heterocycles. The van der Waals surface area contributed by atoms with Crippen molar-refractivity contribution in [3.8, 4) is 34.5 Å². The SMILES string of the molecule is O=C([O-])CN=CCc1ccccc1O.O=C([O-])CN=CCc1ccccc1O.O=C([O-])CN=CCc1ccccc1O.O=C([O-])CN=CCc1ccccc1O.O=C([O-])CN=CCc1ccccc1O.O=C([O-])CN=CCc1ccccc1O.[Mo+6]. The molecule has 6 N–H and O–H groups in total. The Kier molecular flexibility index (Phi) is 40.6. The second kappa shape index (κ2) is 46.3. The van der Waals surface area contributed by atoms with Crippen molar-refractivity contribution in [3.63, 3.8) is 0 Å². The summed E-state index contributed by atoms with van der Waals surface area (Å²) in [6, 6.07) is 41.0. The number of phenolic OH excluding ortho intramolecular Hbond substituents is 6. The van der Waals surface area contributed by atoms with E-state index in [1.165, 1.54) is 37.3 Å². The molecule has 6 aromatic carbocycles. The van der Waals surface area contributed by atoms with E-state index in [0.717, 1.165) is 33.4 Å². The second-order valence-corrected chi connectivity index (χ2v) is 16.4. The van der Waals surface area contributed by atoms with Crippen molar-refractivity contribution in [1.29, 1.82) is 0 Å². The topological polar surface area (TPSA) is 436 Å². The monoisotopic (exact) mass is 1250 g/mol. The zero-order valence-electron chi connectivity index (χ0n) is 45.5. The minimum absolute atomic E-state index is 0. The second-order valence-electron chi connectivity index (χ2n) is 16.4. The van der Waals surface area contributed by atoms with Gasteiger partial charge in [0.25, 0.3) is 0 Å². The van der Waals surface area contributed by atoms with E-state index in [1.54, 1.807) is 146 Å². The van der Waals surface area contributed by atoms with E-state index >= 15 is 0 Å². The first-order valence-corrected chi connectivity index (χ1v) is 24.9. The Hall–Kier alpha value is -10.4. The predicted octanol–water partition coefficient (Wildman–Crippen LogP) is -1.47. The number of carbonyl (C=O) groups excluding carboxylic acids is 6. The first kappa shape index (κ1) is 74.6. The molecule has 25 heteroatoms. The summed E-state index contributed by atoms with van der Waals surface area (Å²) < 4.78 is 0. The Morgan fingerprint density at radius 1 is 0.259 bits per heavy atom. The Morgan fingerprint density at radius 2 is 0.376 bits per heavy atom. The zero-order chi connectivity index (χ0) is 62.3. The van der Waals surface area contributed by atoms with Gasteiger partial charge < -0.3 is 90.0 Å². The number of benzene rings is 6. The summed E-state index contributed by atoms with van der Waals surface area (Å²) in [5, 5.41) is 116. The Bertz CT molecular complexity index is 2630. The Labute approximate surface area is 503 Å². The smallest absolute Gasteiger partial charge is 0.548 e. The van der Waals surface area contributed by atoms with Gasteiger partial charge in [0.1, 0.15) is 34.5 Å². The molecular formula is C60H60MoN6O18. The molecule has 24 nitrogen and oxygen atoms in total. The van der Waals surface area contributed by atoms with Gasteiger partial charge in [-0.3, -0.25) is 30.0 Å².